The second-order valence-corrected chi connectivity index (χ2v) is 5.97. The van der Waals surface area contributed by atoms with Crippen LogP contribution in [0.3, 0.4) is 0 Å². The minimum absolute atomic E-state index is 0.0243. The number of hydrogen-bond acceptors (Lipinski definition) is 2. The van der Waals surface area contributed by atoms with Gasteiger partial charge in [0.05, 0.1) is 6.04 Å². The van der Waals surface area contributed by atoms with Gasteiger partial charge < -0.3 is 10.0 Å². The lowest BCUT2D eigenvalue weighted by Gasteiger charge is -2.40. The van der Waals surface area contributed by atoms with Gasteiger partial charge in [0.1, 0.15) is 5.82 Å². The second-order valence-electron chi connectivity index (χ2n) is 5.97. The lowest BCUT2D eigenvalue weighted by molar-refractivity contribution is -0.138. The van der Waals surface area contributed by atoms with Gasteiger partial charge in [-0.3, -0.25) is 9.59 Å². The van der Waals surface area contributed by atoms with Crippen molar-refractivity contribution < 1.29 is 19.1 Å². The first kappa shape index (κ1) is 16.5. The van der Waals surface area contributed by atoms with Crippen LogP contribution in [0, 0.1) is 5.82 Å². The lowest BCUT2D eigenvalue weighted by Crippen LogP contribution is -2.44. The van der Waals surface area contributed by atoms with Gasteiger partial charge in [0.2, 0.25) is 5.91 Å². The zero-order valence-electron chi connectivity index (χ0n) is 13.0. The van der Waals surface area contributed by atoms with Gasteiger partial charge in [0.15, 0.2) is 0 Å². The van der Waals surface area contributed by atoms with E-state index in [1.165, 1.54) is 6.07 Å². The number of carbonyl (C=O) groups excluding carboxylic acids is 1. The number of unbranched alkanes of at least 4 members (excludes halogenated alkanes) is 1. The van der Waals surface area contributed by atoms with Gasteiger partial charge in [0.25, 0.3) is 0 Å². The highest BCUT2D eigenvalue weighted by Crippen LogP contribution is 2.33. The Hall–Kier alpha value is -1.91. The molecule has 2 atom stereocenters. The van der Waals surface area contributed by atoms with Crippen molar-refractivity contribution in [3.63, 3.8) is 0 Å². The summed E-state index contributed by atoms with van der Waals surface area (Å²) in [5.74, 6) is -1.03. The highest BCUT2D eigenvalue weighted by molar-refractivity contribution is 5.77. The van der Waals surface area contributed by atoms with E-state index < -0.39 is 5.97 Å². The number of nitrogens with zero attached hydrogens (tertiary/aromatic N) is 1. The van der Waals surface area contributed by atoms with Crippen LogP contribution in [-0.2, 0) is 16.0 Å². The van der Waals surface area contributed by atoms with Crippen LogP contribution in [0.1, 0.15) is 56.7 Å². The molecule has 1 aromatic carbocycles. The maximum atomic E-state index is 13.3. The van der Waals surface area contributed by atoms with Crippen LogP contribution >= 0.6 is 0 Å². The summed E-state index contributed by atoms with van der Waals surface area (Å²) in [6.45, 7) is 3.93. The molecular formula is C17H22FNO3. The first-order valence-corrected chi connectivity index (χ1v) is 7.71. The summed E-state index contributed by atoms with van der Waals surface area (Å²) in [6.07, 6.45) is 2.20. The summed E-state index contributed by atoms with van der Waals surface area (Å²) >= 11 is 0. The third-order valence-corrected chi connectivity index (χ3v) is 4.28. The maximum Gasteiger partial charge on any atom is 0.303 e. The summed E-state index contributed by atoms with van der Waals surface area (Å²) in [7, 11) is 0. The third kappa shape index (κ3) is 3.64. The van der Waals surface area contributed by atoms with Gasteiger partial charge in [-0.25, -0.2) is 4.39 Å². The Morgan fingerprint density at radius 2 is 1.95 bits per heavy atom. The van der Waals surface area contributed by atoms with Crippen LogP contribution in [0.25, 0.3) is 0 Å². The van der Waals surface area contributed by atoms with Crippen LogP contribution in [0.4, 0.5) is 4.39 Å². The number of halogens is 1. The van der Waals surface area contributed by atoms with Crippen LogP contribution in [-0.4, -0.2) is 27.9 Å². The molecule has 0 aromatic heterocycles. The molecule has 1 aliphatic heterocycles. The monoisotopic (exact) mass is 307 g/mol. The maximum absolute atomic E-state index is 13.3. The predicted molar refractivity (Wildman–Crippen MR) is 80.9 cm³/mol. The number of amides is 1. The predicted octanol–water partition coefficient (Wildman–Crippen LogP) is 3.30. The Kier molecular flexibility index (Phi) is 5.16. The molecule has 4 nitrogen and oxygen atoms in total. The normalized spacial score (nSPS) is 20.6. The van der Waals surface area contributed by atoms with Gasteiger partial charge in [-0.15, -0.1) is 0 Å². The molecule has 0 fully saturated rings. The van der Waals surface area contributed by atoms with E-state index in [-0.39, 0.29) is 30.2 Å². The van der Waals surface area contributed by atoms with E-state index in [0.717, 1.165) is 11.1 Å². The molecule has 1 aromatic rings. The summed E-state index contributed by atoms with van der Waals surface area (Å²) in [5.41, 5.74) is 1.97. The fourth-order valence-electron chi connectivity index (χ4n) is 3.25. The van der Waals surface area contributed by atoms with Gasteiger partial charge in [-0.2, -0.15) is 0 Å². The first-order chi connectivity index (χ1) is 10.4. The van der Waals surface area contributed by atoms with Crippen molar-refractivity contribution in [2.45, 2.75) is 58.0 Å². The van der Waals surface area contributed by atoms with E-state index in [2.05, 4.69) is 0 Å². The Morgan fingerprint density at radius 3 is 2.64 bits per heavy atom. The lowest BCUT2D eigenvalue weighted by atomic mass is 9.89. The van der Waals surface area contributed by atoms with Crippen LogP contribution in [0.2, 0.25) is 0 Å². The topological polar surface area (TPSA) is 57.6 Å². The number of carboxylic acid groups (broad SMARTS) is 1. The molecule has 1 aliphatic rings. The molecule has 0 saturated carbocycles. The van der Waals surface area contributed by atoms with Crippen molar-refractivity contribution in [2.24, 2.45) is 0 Å². The summed E-state index contributed by atoms with van der Waals surface area (Å²) in [6, 6.07) is 4.69. The third-order valence-electron chi connectivity index (χ3n) is 4.28. The average Bonchev–Trinajstić information content (AvgIpc) is 2.42. The largest absolute Gasteiger partial charge is 0.481 e. The quantitative estimate of drug-likeness (QED) is 0.849. The van der Waals surface area contributed by atoms with E-state index in [1.54, 1.807) is 12.1 Å². The molecule has 0 saturated heterocycles. The molecule has 1 amide bonds. The van der Waals surface area contributed by atoms with Gasteiger partial charge in [0, 0.05) is 18.9 Å². The first-order valence-electron chi connectivity index (χ1n) is 7.71. The number of aliphatic carboxylic acids is 1. The van der Waals surface area contributed by atoms with Crippen molar-refractivity contribution in [1.82, 2.24) is 4.90 Å². The highest BCUT2D eigenvalue weighted by atomic mass is 19.1. The minimum atomic E-state index is -0.830. The Morgan fingerprint density at radius 1 is 1.27 bits per heavy atom. The van der Waals surface area contributed by atoms with Crippen molar-refractivity contribution in [3.8, 4) is 0 Å². The van der Waals surface area contributed by atoms with Crippen molar-refractivity contribution in [2.75, 3.05) is 0 Å². The molecule has 0 spiro atoms. The second kappa shape index (κ2) is 6.90. The minimum Gasteiger partial charge on any atom is -0.481 e. The molecule has 2 rings (SSSR count). The summed E-state index contributed by atoms with van der Waals surface area (Å²) < 4.78 is 13.3. The fourth-order valence-corrected chi connectivity index (χ4v) is 3.25. The van der Waals surface area contributed by atoms with Crippen LogP contribution < -0.4 is 0 Å². The number of carboxylic acids is 1. The molecule has 0 bridgehead atoms. The molecular weight excluding hydrogens is 285 g/mol. The number of fused-ring (bicyclic) bond motifs is 1. The van der Waals surface area contributed by atoms with Crippen LogP contribution in [0.5, 0.6) is 0 Å². The van der Waals surface area contributed by atoms with Gasteiger partial charge in [-0.1, -0.05) is 6.07 Å². The van der Waals surface area contributed by atoms with Gasteiger partial charge in [-0.05, 0) is 56.4 Å². The average molecular weight is 307 g/mol. The summed E-state index contributed by atoms with van der Waals surface area (Å²) in [4.78, 5) is 24.8. The number of carbonyl (C=O) groups is 2. The highest BCUT2D eigenvalue weighted by Gasteiger charge is 2.32. The molecule has 1 heterocycles. The molecule has 5 heteroatoms. The standard InChI is InChI=1S/C17H22FNO3/c1-11-9-13-10-14(18)7-8-15(13)12(2)19(11)16(20)5-3-4-6-17(21)22/h7-8,10-12H,3-6,9H2,1-2H3,(H,21,22). The van der Waals surface area contributed by atoms with Crippen LogP contribution in [0.15, 0.2) is 18.2 Å². The molecule has 1 N–H and O–H groups in total. The molecule has 120 valence electrons. The fraction of sp³-hybridized carbons (Fsp3) is 0.529. The smallest absolute Gasteiger partial charge is 0.303 e. The SMILES string of the molecule is CC1Cc2cc(F)ccc2C(C)N1C(=O)CCCCC(=O)O. The Labute approximate surface area is 129 Å². The van der Waals surface area contributed by atoms with E-state index in [9.17, 15) is 14.0 Å². The number of rotatable bonds is 5. The number of benzene rings is 1. The van der Waals surface area contributed by atoms with E-state index in [4.69, 9.17) is 5.11 Å². The zero-order valence-corrected chi connectivity index (χ0v) is 13.0. The van der Waals surface area contributed by atoms with Gasteiger partial charge >= 0.3 is 5.97 Å². The molecule has 0 radical (unpaired) electrons. The van der Waals surface area contributed by atoms with E-state index in [1.807, 2.05) is 18.7 Å². The Balaban J connectivity index is 2.03. The number of hydrogen-bond donors (Lipinski definition) is 1. The molecule has 0 aliphatic carbocycles. The van der Waals surface area contributed by atoms with Crippen molar-refractivity contribution in [3.05, 3.63) is 35.1 Å². The van der Waals surface area contributed by atoms with Crippen molar-refractivity contribution in [1.29, 1.82) is 0 Å². The Bertz CT molecular complexity index is 573. The summed E-state index contributed by atoms with van der Waals surface area (Å²) in [5, 5.41) is 8.62. The van der Waals surface area contributed by atoms with Crippen molar-refractivity contribution >= 4 is 11.9 Å². The van der Waals surface area contributed by atoms with E-state index >= 15 is 0 Å². The van der Waals surface area contributed by atoms with E-state index in [0.29, 0.717) is 25.7 Å². The zero-order chi connectivity index (χ0) is 16.3. The molecule has 22 heavy (non-hydrogen) atoms. The molecule has 2 unspecified atom stereocenters.